The number of nitriles is 3. The maximum Gasteiger partial charge on any atom is 0.136 e. The van der Waals surface area contributed by atoms with Crippen LogP contribution in [-0.4, -0.2) is 14.1 Å². The van der Waals surface area contributed by atoms with Gasteiger partial charge in [0.1, 0.15) is 23.8 Å². The molecule has 0 atom stereocenters. The Morgan fingerprint density at radius 2 is 1.11 bits per heavy atom. The van der Waals surface area contributed by atoms with E-state index in [4.69, 9.17) is 10.5 Å². The molecule has 0 saturated heterocycles. The molecule has 0 aliphatic carbocycles. The van der Waals surface area contributed by atoms with Crippen molar-refractivity contribution >= 4 is 16.8 Å². The van der Waals surface area contributed by atoms with E-state index in [1.165, 1.54) is 0 Å². The lowest BCUT2D eigenvalue weighted by Gasteiger charge is -2.12. The zero-order chi connectivity index (χ0) is 20.8. The van der Waals surface area contributed by atoms with Crippen molar-refractivity contribution in [3.05, 3.63) is 64.5 Å². The Balaban J connectivity index is 0.00000158. The van der Waals surface area contributed by atoms with Crippen LogP contribution in [-0.2, 0) is 0 Å². The quantitative estimate of drug-likeness (QED) is 0.820. The van der Waals surface area contributed by atoms with E-state index in [9.17, 15) is 5.26 Å². The average molecular weight is 358 g/mol. The molecular weight excluding hydrogens is 332 g/mol. The smallest absolute Gasteiger partial charge is 0.136 e. The van der Waals surface area contributed by atoms with Crippen molar-refractivity contribution in [3.63, 3.8) is 0 Å². The van der Waals surface area contributed by atoms with Gasteiger partial charge in [-0.05, 0) is 22.9 Å². The van der Waals surface area contributed by atoms with Crippen LogP contribution < -0.4 is 15.3 Å². The monoisotopic (exact) mass is 358 g/mol. The molecule has 4 nitrogen and oxygen atoms in total. The molecule has 0 unspecified atom stereocenters. The van der Waals surface area contributed by atoms with E-state index in [1.807, 2.05) is 83.1 Å². The van der Waals surface area contributed by atoms with Crippen molar-refractivity contribution in [2.75, 3.05) is 19.0 Å². The molecule has 0 amide bonds. The molecule has 4 heteroatoms. The zero-order valence-corrected chi connectivity index (χ0v) is 16.9. The first-order chi connectivity index (χ1) is 13.1. The average Bonchev–Trinajstić information content (AvgIpc) is 2.74. The third kappa shape index (κ3) is 6.35. The van der Waals surface area contributed by atoms with E-state index in [0.717, 1.165) is 16.5 Å². The molecule has 0 bridgehead atoms. The number of hydrogen-bond donors (Lipinski definition) is 0. The summed E-state index contributed by atoms with van der Waals surface area (Å²) in [6.07, 6.45) is 0. The summed E-state index contributed by atoms with van der Waals surface area (Å²) >= 11 is 0. The number of hydrogen-bond acceptors (Lipinski definition) is 4. The lowest BCUT2D eigenvalue weighted by Crippen LogP contribution is -2.12. The second-order valence-electron chi connectivity index (χ2n) is 5.10. The van der Waals surface area contributed by atoms with Crippen LogP contribution in [0.2, 0.25) is 0 Å². The standard InChI is InChI=1S/C19H14N4.2C2H6/c1-23(2)18-9-7-16(8-10-18)19(13-22)15-5-3-14(4-6-15)17(11-20)12-21;2*1-2/h3-10H,1-2H3;2*1-2H3. The van der Waals surface area contributed by atoms with E-state index >= 15 is 0 Å². The van der Waals surface area contributed by atoms with Crippen molar-refractivity contribution in [1.29, 1.82) is 15.8 Å². The molecule has 2 rings (SSSR count). The largest absolute Gasteiger partial charge is 0.378 e. The molecule has 0 aliphatic rings. The topological polar surface area (TPSA) is 74.6 Å². The number of nitrogens with zero attached hydrogens (tertiary/aromatic N) is 4. The Morgan fingerprint density at radius 3 is 1.48 bits per heavy atom. The van der Waals surface area contributed by atoms with Gasteiger partial charge in [0.05, 0.1) is 5.57 Å². The maximum absolute atomic E-state index is 9.47. The molecular formula is C23H26N4. The lowest BCUT2D eigenvalue weighted by molar-refractivity contribution is 1.13. The van der Waals surface area contributed by atoms with Gasteiger partial charge in [-0.2, -0.15) is 15.8 Å². The second kappa shape index (κ2) is 12.8. The van der Waals surface area contributed by atoms with Gasteiger partial charge in [-0.3, -0.25) is 0 Å². The van der Waals surface area contributed by atoms with Crippen molar-refractivity contribution < 1.29 is 0 Å². The first-order valence-corrected chi connectivity index (χ1v) is 8.93. The predicted octanol–water partition coefficient (Wildman–Crippen LogP) is 3.73. The lowest BCUT2D eigenvalue weighted by atomic mass is 10.0. The first kappa shape index (κ1) is 23.4. The Kier molecular flexibility index (Phi) is 11.1. The van der Waals surface area contributed by atoms with Crippen LogP contribution in [0.1, 0.15) is 33.3 Å². The van der Waals surface area contributed by atoms with Crippen LogP contribution in [0.15, 0.2) is 48.5 Å². The summed E-state index contributed by atoms with van der Waals surface area (Å²) in [5.41, 5.74) is 2.50. The molecule has 0 fully saturated rings. The Morgan fingerprint density at radius 1 is 0.667 bits per heavy atom. The van der Waals surface area contributed by atoms with Crippen LogP contribution in [0.4, 0.5) is 5.69 Å². The summed E-state index contributed by atoms with van der Waals surface area (Å²) in [5, 5.41) is 28.5. The highest BCUT2D eigenvalue weighted by molar-refractivity contribution is 5.77. The van der Waals surface area contributed by atoms with Gasteiger partial charge in [0, 0.05) is 25.0 Å². The van der Waals surface area contributed by atoms with Gasteiger partial charge in [-0.15, -0.1) is 0 Å². The third-order valence-electron chi connectivity index (χ3n) is 3.47. The molecule has 0 saturated carbocycles. The predicted molar refractivity (Wildman–Crippen MR) is 112 cm³/mol. The van der Waals surface area contributed by atoms with Gasteiger partial charge in [-0.1, -0.05) is 64.1 Å². The van der Waals surface area contributed by atoms with E-state index in [0.29, 0.717) is 10.8 Å². The molecule has 27 heavy (non-hydrogen) atoms. The summed E-state index contributed by atoms with van der Waals surface area (Å²) in [7, 11) is 3.92. The van der Waals surface area contributed by atoms with E-state index in [2.05, 4.69) is 6.07 Å². The van der Waals surface area contributed by atoms with Crippen molar-refractivity contribution in [2.24, 2.45) is 0 Å². The Bertz CT molecular complexity index is 924. The fraction of sp³-hybridized carbons (Fsp3) is 0.261. The molecule has 0 heterocycles. The van der Waals surface area contributed by atoms with Gasteiger partial charge < -0.3 is 4.90 Å². The summed E-state index contributed by atoms with van der Waals surface area (Å²) in [5.74, 6) is 0. The second-order valence-corrected chi connectivity index (χ2v) is 5.10. The molecule has 0 N–H and O–H groups in total. The normalized spacial score (nSPS) is 8.26. The fourth-order valence-electron chi connectivity index (χ4n) is 2.18. The first-order valence-electron chi connectivity index (χ1n) is 8.93. The van der Waals surface area contributed by atoms with Gasteiger partial charge in [0.2, 0.25) is 0 Å². The minimum atomic E-state index is 0.0605. The van der Waals surface area contributed by atoms with Crippen molar-refractivity contribution in [2.45, 2.75) is 27.7 Å². The fourth-order valence-corrected chi connectivity index (χ4v) is 2.18. The van der Waals surface area contributed by atoms with Crippen LogP contribution in [0.3, 0.4) is 0 Å². The molecule has 0 radical (unpaired) electrons. The maximum atomic E-state index is 9.47. The summed E-state index contributed by atoms with van der Waals surface area (Å²) < 4.78 is 0. The van der Waals surface area contributed by atoms with E-state index in [-0.39, 0.29) is 5.57 Å². The SMILES string of the molecule is CC.CC.CN(C)c1ccc(C(C#N)=c2ccc(=C(C#N)C#N)cc2)cc1. The minimum absolute atomic E-state index is 0.0605. The van der Waals surface area contributed by atoms with Crippen LogP contribution in [0.25, 0.3) is 11.1 Å². The van der Waals surface area contributed by atoms with Crippen LogP contribution in [0.5, 0.6) is 0 Å². The van der Waals surface area contributed by atoms with Gasteiger partial charge >= 0.3 is 0 Å². The van der Waals surface area contributed by atoms with Gasteiger partial charge in [-0.25, -0.2) is 0 Å². The summed E-state index contributed by atoms with van der Waals surface area (Å²) in [4.78, 5) is 1.99. The highest BCUT2D eigenvalue weighted by Gasteiger charge is 2.03. The number of rotatable bonds is 2. The van der Waals surface area contributed by atoms with Crippen molar-refractivity contribution in [1.82, 2.24) is 0 Å². The van der Waals surface area contributed by atoms with Gasteiger partial charge in [0.15, 0.2) is 0 Å². The van der Waals surface area contributed by atoms with E-state index in [1.54, 1.807) is 24.3 Å². The zero-order valence-electron chi connectivity index (χ0n) is 16.9. The van der Waals surface area contributed by atoms with Gasteiger partial charge in [0.25, 0.3) is 0 Å². The van der Waals surface area contributed by atoms with Crippen molar-refractivity contribution in [3.8, 4) is 18.2 Å². The molecule has 138 valence electrons. The number of anilines is 1. The molecule has 2 aromatic rings. The third-order valence-corrected chi connectivity index (χ3v) is 3.47. The Hall–Kier alpha value is -3.55. The highest BCUT2D eigenvalue weighted by Crippen LogP contribution is 2.16. The minimum Gasteiger partial charge on any atom is -0.378 e. The molecule has 0 aromatic heterocycles. The number of benzene rings is 2. The summed E-state index contributed by atoms with van der Waals surface area (Å²) in [6, 6.07) is 20.5. The molecule has 0 aliphatic heterocycles. The summed E-state index contributed by atoms with van der Waals surface area (Å²) in [6.45, 7) is 8.00. The van der Waals surface area contributed by atoms with Crippen LogP contribution in [0, 0.1) is 34.0 Å². The molecule has 2 aromatic carbocycles. The van der Waals surface area contributed by atoms with E-state index < -0.39 is 0 Å². The van der Waals surface area contributed by atoms with Crippen LogP contribution >= 0.6 is 0 Å². The highest BCUT2D eigenvalue weighted by atomic mass is 15.1. The molecule has 0 spiro atoms. The Labute approximate surface area is 162 Å².